The number of alkyl carbamates (subject to hydrolysis) is 1. The van der Waals surface area contributed by atoms with Crippen LogP contribution in [0.25, 0.3) is 0 Å². The monoisotopic (exact) mass is 372 g/mol. The van der Waals surface area contributed by atoms with E-state index in [9.17, 15) is 9.59 Å². The van der Waals surface area contributed by atoms with Crippen molar-refractivity contribution in [2.75, 3.05) is 31.7 Å². The summed E-state index contributed by atoms with van der Waals surface area (Å²) in [5.74, 6) is 0.574. The second-order valence-corrected chi connectivity index (χ2v) is 5.65. The topological polar surface area (TPSA) is 85.9 Å². The fourth-order valence-corrected chi connectivity index (χ4v) is 2.16. The molecule has 0 spiro atoms. The summed E-state index contributed by atoms with van der Waals surface area (Å²) in [5, 5.41) is 5.31. The molecule has 0 fully saturated rings. The van der Waals surface area contributed by atoms with E-state index in [1.165, 1.54) is 6.92 Å². The van der Waals surface area contributed by atoms with Gasteiger partial charge in [0, 0.05) is 19.2 Å². The summed E-state index contributed by atoms with van der Waals surface area (Å²) in [6.07, 6.45) is -0.474. The molecule has 144 valence electrons. The molecular weight excluding hydrogens is 348 g/mol. The number of amides is 2. The molecule has 0 heterocycles. The van der Waals surface area contributed by atoms with Gasteiger partial charge in [0.2, 0.25) is 5.91 Å². The summed E-state index contributed by atoms with van der Waals surface area (Å²) in [6.45, 7) is 3.21. The number of hydrogen-bond acceptors (Lipinski definition) is 5. The number of benzene rings is 2. The Bertz CT molecular complexity index is 704. The first kappa shape index (κ1) is 20.3. The van der Waals surface area contributed by atoms with Gasteiger partial charge >= 0.3 is 6.09 Å². The largest absolute Gasteiger partial charge is 0.491 e. The van der Waals surface area contributed by atoms with Crippen LogP contribution in [0.1, 0.15) is 12.5 Å². The predicted octanol–water partition coefficient (Wildman–Crippen LogP) is 2.97. The lowest BCUT2D eigenvalue weighted by Crippen LogP contribution is -2.28. The number of nitrogens with one attached hydrogen (secondary N) is 2. The molecule has 0 atom stereocenters. The highest BCUT2D eigenvalue weighted by Gasteiger charge is 2.02. The van der Waals surface area contributed by atoms with E-state index in [-0.39, 0.29) is 12.5 Å². The number of anilines is 1. The second kappa shape index (κ2) is 11.5. The predicted molar refractivity (Wildman–Crippen MR) is 102 cm³/mol. The molecule has 2 rings (SSSR count). The van der Waals surface area contributed by atoms with Gasteiger partial charge in [-0.1, -0.05) is 30.3 Å². The zero-order chi connectivity index (χ0) is 19.3. The van der Waals surface area contributed by atoms with Crippen LogP contribution in [0.5, 0.6) is 5.75 Å². The Morgan fingerprint density at radius 3 is 2.37 bits per heavy atom. The van der Waals surface area contributed by atoms with Crippen molar-refractivity contribution in [2.45, 2.75) is 13.5 Å². The minimum absolute atomic E-state index is 0.116. The van der Waals surface area contributed by atoms with Gasteiger partial charge in [0.05, 0.1) is 13.2 Å². The summed E-state index contributed by atoms with van der Waals surface area (Å²) in [5.41, 5.74) is 1.66. The Kier molecular flexibility index (Phi) is 8.65. The van der Waals surface area contributed by atoms with Crippen molar-refractivity contribution in [2.24, 2.45) is 0 Å². The summed E-state index contributed by atoms with van der Waals surface area (Å²) in [7, 11) is 0. The van der Waals surface area contributed by atoms with Gasteiger partial charge in [-0.25, -0.2) is 4.79 Å². The molecule has 0 saturated carbocycles. The number of ether oxygens (including phenoxy) is 3. The third kappa shape index (κ3) is 8.73. The molecule has 7 nitrogen and oxygen atoms in total. The Hall–Kier alpha value is -3.06. The lowest BCUT2D eigenvalue weighted by atomic mass is 10.2. The molecule has 0 aliphatic heterocycles. The lowest BCUT2D eigenvalue weighted by molar-refractivity contribution is -0.114. The van der Waals surface area contributed by atoms with Crippen LogP contribution in [-0.2, 0) is 20.9 Å². The summed E-state index contributed by atoms with van der Waals surface area (Å²) in [6, 6.07) is 16.6. The SMILES string of the molecule is CC(=O)Nc1ccc(OCCOCCNC(=O)OCc2ccccc2)cc1. The number of hydrogen-bond donors (Lipinski definition) is 2. The highest BCUT2D eigenvalue weighted by molar-refractivity contribution is 5.88. The number of rotatable bonds is 10. The van der Waals surface area contributed by atoms with Crippen molar-refractivity contribution in [1.82, 2.24) is 5.32 Å². The fourth-order valence-electron chi connectivity index (χ4n) is 2.16. The minimum Gasteiger partial charge on any atom is -0.491 e. The molecule has 0 radical (unpaired) electrons. The van der Waals surface area contributed by atoms with E-state index in [0.717, 1.165) is 11.3 Å². The normalized spacial score (nSPS) is 10.1. The maximum Gasteiger partial charge on any atom is 0.407 e. The maximum atomic E-state index is 11.5. The van der Waals surface area contributed by atoms with Gasteiger partial charge in [-0.2, -0.15) is 0 Å². The van der Waals surface area contributed by atoms with Crippen molar-refractivity contribution in [3.63, 3.8) is 0 Å². The van der Waals surface area contributed by atoms with E-state index < -0.39 is 6.09 Å². The van der Waals surface area contributed by atoms with Crippen molar-refractivity contribution >= 4 is 17.7 Å². The van der Waals surface area contributed by atoms with Crippen LogP contribution >= 0.6 is 0 Å². The molecule has 0 saturated heterocycles. The molecule has 0 aromatic heterocycles. The van der Waals surface area contributed by atoms with Crippen molar-refractivity contribution in [3.05, 3.63) is 60.2 Å². The molecule has 0 aliphatic rings. The summed E-state index contributed by atoms with van der Waals surface area (Å²) < 4.78 is 16.0. The average Bonchev–Trinajstić information content (AvgIpc) is 2.67. The molecule has 0 bridgehead atoms. The van der Waals surface area contributed by atoms with Gasteiger partial charge in [-0.15, -0.1) is 0 Å². The molecule has 27 heavy (non-hydrogen) atoms. The first-order chi connectivity index (χ1) is 13.1. The Morgan fingerprint density at radius 1 is 0.926 bits per heavy atom. The van der Waals surface area contributed by atoms with Gasteiger partial charge in [-0.3, -0.25) is 4.79 Å². The molecule has 0 aliphatic carbocycles. The van der Waals surface area contributed by atoms with Crippen molar-refractivity contribution < 1.29 is 23.8 Å². The Labute approximate surface area is 158 Å². The van der Waals surface area contributed by atoms with Crippen LogP contribution < -0.4 is 15.4 Å². The molecule has 2 aromatic carbocycles. The number of carbonyl (C=O) groups excluding carboxylic acids is 2. The number of carbonyl (C=O) groups is 2. The zero-order valence-corrected chi connectivity index (χ0v) is 15.3. The highest BCUT2D eigenvalue weighted by atomic mass is 16.5. The van der Waals surface area contributed by atoms with Crippen LogP contribution in [0.15, 0.2) is 54.6 Å². The van der Waals surface area contributed by atoms with E-state index in [1.54, 1.807) is 24.3 Å². The molecule has 2 N–H and O–H groups in total. The smallest absolute Gasteiger partial charge is 0.407 e. The molecular formula is C20H24N2O5. The average molecular weight is 372 g/mol. The van der Waals surface area contributed by atoms with E-state index in [0.29, 0.717) is 32.1 Å². The standard InChI is InChI=1S/C20H24N2O5/c1-16(23)22-18-7-9-19(10-8-18)26-14-13-25-12-11-21-20(24)27-15-17-5-3-2-4-6-17/h2-10H,11-15H2,1H3,(H,21,24)(H,22,23). The third-order valence-corrected chi connectivity index (χ3v) is 3.40. The Morgan fingerprint density at radius 2 is 1.67 bits per heavy atom. The molecule has 2 amide bonds. The van der Waals surface area contributed by atoms with E-state index in [4.69, 9.17) is 14.2 Å². The summed E-state index contributed by atoms with van der Waals surface area (Å²) in [4.78, 5) is 22.5. The first-order valence-corrected chi connectivity index (χ1v) is 8.66. The third-order valence-electron chi connectivity index (χ3n) is 3.40. The van der Waals surface area contributed by atoms with Crippen LogP contribution in [0.2, 0.25) is 0 Å². The lowest BCUT2D eigenvalue weighted by Gasteiger charge is -2.09. The van der Waals surface area contributed by atoms with Gasteiger partial charge in [0.1, 0.15) is 19.0 Å². The van der Waals surface area contributed by atoms with Crippen LogP contribution in [0.3, 0.4) is 0 Å². The fraction of sp³-hybridized carbons (Fsp3) is 0.300. The zero-order valence-electron chi connectivity index (χ0n) is 15.3. The van der Waals surface area contributed by atoms with Crippen LogP contribution in [0.4, 0.5) is 10.5 Å². The second-order valence-electron chi connectivity index (χ2n) is 5.65. The molecule has 7 heteroatoms. The van der Waals surface area contributed by atoms with Gasteiger partial charge < -0.3 is 24.8 Å². The highest BCUT2D eigenvalue weighted by Crippen LogP contribution is 2.15. The quantitative estimate of drug-likeness (QED) is 0.626. The van der Waals surface area contributed by atoms with E-state index in [1.807, 2.05) is 30.3 Å². The van der Waals surface area contributed by atoms with Crippen molar-refractivity contribution in [1.29, 1.82) is 0 Å². The molecule has 0 unspecified atom stereocenters. The van der Waals surface area contributed by atoms with E-state index >= 15 is 0 Å². The van der Waals surface area contributed by atoms with Crippen molar-refractivity contribution in [3.8, 4) is 5.75 Å². The Balaban J connectivity index is 1.48. The van der Waals surface area contributed by atoms with Gasteiger partial charge in [0.25, 0.3) is 0 Å². The minimum atomic E-state index is -0.474. The van der Waals surface area contributed by atoms with E-state index in [2.05, 4.69) is 10.6 Å². The van der Waals surface area contributed by atoms with Crippen LogP contribution in [-0.4, -0.2) is 38.4 Å². The summed E-state index contributed by atoms with van der Waals surface area (Å²) >= 11 is 0. The van der Waals surface area contributed by atoms with Gasteiger partial charge in [-0.05, 0) is 29.8 Å². The maximum absolute atomic E-state index is 11.5. The van der Waals surface area contributed by atoms with Crippen LogP contribution in [0, 0.1) is 0 Å². The molecule has 2 aromatic rings. The first-order valence-electron chi connectivity index (χ1n) is 8.66. The van der Waals surface area contributed by atoms with Gasteiger partial charge in [0.15, 0.2) is 0 Å².